The molecule has 334 valence electrons. The lowest BCUT2D eigenvalue weighted by molar-refractivity contribution is 1.13. The number of aryl methyl sites for hydroxylation is 3. The van der Waals surface area contributed by atoms with Gasteiger partial charge >= 0.3 is 0 Å². The summed E-state index contributed by atoms with van der Waals surface area (Å²) < 4.78 is 0. The van der Waals surface area contributed by atoms with Gasteiger partial charge in [-0.1, -0.05) is 127 Å². The second-order valence-electron chi connectivity index (χ2n) is 17.1. The smallest absolute Gasteiger partial charge is 0.0490 e. The fourth-order valence-electron chi connectivity index (χ4n) is 9.10. The van der Waals surface area contributed by atoms with E-state index in [0.29, 0.717) is 0 Å². The fraction of sp³-hybridized carbons (Fsp3) is 0.0938. The molecular weight excluding hydrogens is 825 g/mol. The molecule has 68 heavy (non-hydrogen) atoms. The van der Waals surface area contributed by atoms with Crippen LogP contribution in [-0.2, 0) is 0 Å². The molecule has 0 atom stereocenters. The van der Waals surface area contributed by atoms with E-state index in [-0.39, 0.29) is 0 Å². The molecule has 0 saturated carbocycles. The van der Waals surface area contributed by atoms with E-state index in [1.165, 1.54) is 45.0 Å². The summed E-state index contributed by atoms with van der Waals surface area (Å²) in [4.78, 5) is 9.38. The van der Waals surface area contributed by atoms with Gasteiger partial charge in [-0.05, 0) is 190 Å². The number of nitrogens with zero attached hydrogens (tertiary/aromatic N) is 4. The Morgan fingerprint density at radius 3 is 0.941 bits per heavy atom. The van der Waals surface area contributed by atoms with Crippen molar-refractivity contribution in [3.8, 4) is 11.1 Å². The van der Waals surface area contributed by atoms with Gasteiger partial charge in [-0.3, -0.25) is 0 Å². The first kappa shape index (κ1) is 44.8. The molecule has 0 aromatic heterocycles. The largest absolute Gasteiger partial charge is 0.311 e. The van der Waals surface area contributed by atoms with E-state index in [9.17, 15) is 0 Å². The Balaban J connectivity index is 1.01. The van der Waals surface area contributed by atoms with E-state index in [1.54, 1.807) is 0 Å². The Morgan fingerprint density at radius 2 is 0.588 bits per heavy atom. The Kier molecular flexibility index (Phi) is 13.5. The van der Waals surface area contributed by atoms with E-state index >= 15 is 0 Å². The van der Waals surface area contributed by atoms with E-state index < -0.39 is 0 Å². The molecule has 0 aliphatic carbocycles. The van der Waals surface area contributed by atoms with Crippen molar-refractivity contribution in [2.24, 2.45) is 0 Å². The highest BCUT2D eigenvalue weighted by molar-refractivity contribution is 5.85. The van der Waals surface area contributed by atoms with Crippen LogP contribution < -0.4 is 19.6 Å². The number of anilines is 11. The summed E-state index contributed by atoms with van der Waals surface area (Å²) in [6, 6.07) is 82.7. The maximum absolute atomic E-state index is 2.37. The molecule has 0 unspecified atom stereocenters. The average molecular weight is 883 g/mol. The minimum absolute atomic E-state index is 1.08. The van der Waals surface area contributed by atoms with Gasteiger partial charge in [0.25, 0.3) is 0 Å². The van der Waals surface area contributed by atoms with Crippen molar-refractivity contribution in [3.05, 3.63) is 271 Å². The van der Waals surface area contributed by atoms with Gasteiger partial charge in [0.1, 0.15) is 0 Å². The molecular formula is C64H58N4. The zero-order chi connectivity index (χ0) is 47.0. The highest BCUT2D eigenvalue weighted by Crippen LogP contribution is 2.43. The zero-order valence-electron chi connectivity index (χ0n) is 39.9. The van der Waals surface area contributed by atoms with Crippen molar-refractivity contribution in [1.82, 2.24) is 0 Å². The number of benzene rings is 9. The molecule has 0 N–H and O–H groups in total. The normalized spacial score (nSPS) is 11.6. The molecule has 0 fully saturated rings. The van der Waals surface area contributed by atoms with Gasteiger partial charge in [0, 0.05) is 68.3 Å². The van der Waals surface area contributed by atoms with Crippen LogP contribution in [0.2, 0.25) is 0 Å². The van der Waals surface area contributed by atoms with Crippen LogP contribution in [0, 0.1) is 20.8 Å². The summed E-state index contributed by atoms with van der Waals surface area (Å²) in [7, 11) is 0. The van der Waals surface area contributed by atoms with E-state index in [4.69, 9.17) is 0 Å². The highest BCUT2D eigenvalue weighted by atomic mass is 15.2. The van der Waals surface area contributed by atoms with Gasteiger partial charge in [-0.15, -0.1) is 0 Å². The van der Waals surface area contributed by atoms with Gasteiger partial charge in [0.2, 0.25) is 0 Å². The lowest BCUT2D eigenvalue weighted by atomic mass is 10.0. The molecule has 0 amide bonds. The van der Waals surface area contributed by atoms with Crippen LogP contribution in [0.25, 0.3) is 11.1 Å². The van der Waals surface area contributed by atoms with E-state index in [2.05, 4.69) is 304 Å². The molecule has 9 aromatic rings. The second-order valence-corrected chi connectivity index (χ2v) is 17.1. The number of hydrogen-bond acceptors (Lipinski definition) is 4. The van der Waals surface area contributed by atoms with Gasteiger partial charge in [0.05, 0.1) is 0 Å². The average Bonchev–Trinajstić information content (AvgIpc) is 3.39. The summed E-state index contributed by atoms with van der Waals surface area (Å²) in [6.45, 7) is 12.9. The lowest BCUT2D eigenvalue weighted by Gasteiger charge is -2.31. The van der Waals surface area contributed by atoms with Crippen molar-refractivity contribution in [2.75, 3.05) is 19.6 Å². The molecule has 0 aliphatic heterocycles. The number of hydrogen-bond donors (Lipinski definition) is 0. The molecule has 4 nitrogen and oxygen atoms in total. The Morgan fingerprint density at radius 1 is 0.294 bits per heavy atom. The SMILES string of the molecule is C/C=C(C)\C(=C/C)N(c1ccc(N(c2ccccc2)c2ccc(-c3ccc(N(c4ccccc4)c4ccc(N(c5ccccc5C)c5ccccc5C)cc4)cc3)cc2)cc1)c1ccccc1C. The molecule has 9 rings (SSSR count). The summed E-state index contributed by atoms with van der Waals surface area (Å²) in [5.41, 5.74) is 20.6. The van der Waals surface area contributed by atoms with Crippen LogP contribution in [0.4, 0.5) is 62.6 Å². The first-order valence-corrected chi connectivity index (χ1v) is 23.5. The Bertz CT molecular complexity index is 3110. The van der Waals surface area contributed by atoms with Crippen molar-refractivity contribution in [2.45, 2.75) is 41.5 Å². The van der Waals surface area contributed by atoms with Gasteiger partial charge in [0.15, 0.2) is 0 Å². The minimum atomic E-state index is 1.08. The summed E-state index contributed by atoms with van der Waals surface area (Å²) in [6.07, 6.45) is 4.38. The van der Waals surface area contributed by atoms with Crippen molar-refractivity contribution < 1.29 is 0 Å². The van der Waals surface area contributed by atoms with Crippen molar-refractivity contribution in [3.63, 3.8) is 0 Å². The molecule has 9 aromatic carbocycles. The maximum atomic E-state index is 2.37. The van der Waals surface area contributed by atoms with Crippen molar-refractivity contribution >= 4 is 62.6 Å². The van der Waals surface area contributed by atoms with E-state index in [1.807, 2.05) is 0 Å². The minimum Gasteiger partial charge on any atom is -0.311 e. The predicted octanol–water partition coefficient (Wildman–Crippen LogP) is 18.7. The summed E-state index contributed by atoms with van der Waals surface area (Å²) in [5, 5.41) is 0. The molecule has 0 spiro atoms. The van der Waals surface area contributed by atoms with Crippen LogP contribution in [0.1, 0.15) is 37.5 Å². The first-order valence-electron chi connectivity index (χ1n) is 23.5. The lowest BCUT2D eigenvalue weighted by Crippen LogP contribution is -2.18. The monoisotopic (exact) mass is 882 g/mol. The van der Waals surface area contributed by atoms with Crippen LogP contribution in [0.3, 0.4) is 0 Å². The molecule has 0 radical (unpaired) electrons. The summed E-state index contributed by atoms with van der Waals surface area (Å²) >= 11 is 0. The molecule has 0 saturated heterocycles. The second kappa shape index (κ2) is 20.4. The standard InChI is InChI=1S/C64H58N4/c1-7-47(3)61(8-2)67(62-28-18-15-21-48(62)4)59-43-39-57(40-44-59)65(53-24-11-9-12-25-53)55-35-31-51(32-36-55)52-33-37-56(38-34-52)66(54-26-13-10-14-27-54)58-41-45-60(46-42-58)68(63-29-19-16-22-49(63)5)64-30-20-17-23-50(64)6/h7-46H,1-6H3/b47-7-,61-8+. The van der Waals surface area contributed by atoms with Gasteiger partial charge in [-0.2, -0.15) is 0 Å². The first-order chi connectivity index (χ1) is 33.3. The number of allylic oxidation sites excluding steroid dienone is 3. The zero-order valence-corrected chi connectivity index (χ0v) is 39.9. The third-order valence-corrected chi connectivity index (χ3v) is 12.8. The van der Waals surface area contributed by atoms with Crippen LogP contribution in [0.15, 0.2) is 254 Å². The number of para-hydroxylation sites is 5. The molecule has 0 heterocycles. The highest BCUT2D eigenvalue weighted by Gasteiger charge is 2.21. The number of rotatable bonds is 14. The topological polar surface area (TPSA) is 13.0 Å². The predicted molar refractivity (Wildman–Crippen MR) is 292 cm³/mol. The Labute approximate surface area is 403 Å². The molecule has 0 bridgehead atoms. The van der Waals surface area contributed by atoms with Gasteiger partial charge < -0.3 is 19.6 Å². The van der Waals surface area contributed by atoms with Gasteiger partial charge in [-0.25, -0.2) is 0 Å². The van der Waals surface area contributed by atoms with Crippen LogP contribution in [0.5, 0.6) is 0 Å². The third kappa shape index (κ3) is 9.36. The Hall–Kier alpha value is -8.34. The maximum Gasteiger partial charge on any atom is 0.0490 e. The summed E-state index contributed by atoms with van der Waals surface area (Å²) in [5.74, 6) is 0. The molecule has 0 aliphatic rings. The van der Waals surface area contributed by atoms with Crippen LogP contribution in [-0.4, -0.2) is 0 Å². The van der Waals surface area contributed by atoms with Crippen LogP contribution >= 0.6 is 0 Å². The quantitative estimate of drug-likeness (QED) is 0.101. The van der Waals surface area contributed by atoms with Crippen molar-refractivity contribution in [1.29, 1.82) is 0 Å². The third-order valence-electron chi connectivity index (χ3n) is 12.8. The molecule has 4 heteroatoms. The fourth-order valence-corrected chi connectivity index (χ4v) is 9.10. The van der Waals surface area contributed by atoms with E-state index in [0.717, 1.165) is 56.6 Å².